The third kappa shape index (κ3) is 4.02. The van der Waals surface area contributed by atoms with Gasteiger partial charge in [0, 0.05) is 23.6 Å². The molecule has 3 aliphatic rings. The predicted octanol–water partition coefficient (Wildman–Crippen LogP) is 2.38. The summed E-state index contributed by atoms with van der Waals surface area (Å²) in [5.41, 5.74) is 7.78. The summed E-state index contributed by atoms with van der Waals surface area (Å²) in [6.07, 6.45) is 3.89. The number of ether oxygens (including phenoxy) is 2. The minimum Gasteiger partial charge on any atom is -0.474 e. The predicted molar refractivity (Wildman–Crippen MR) is 114 cm³/mol. The summed E-state index contributed by atoms with van der Waals surface area (Å²) in [4.78, 5) is 28.9. The van der Waals surface area contributed by atoms with Gasteiger partial charge in [0.1, 0.15) is 23.6 Å². The molecule has 8 nitrogen and oxygen atoms in total. The molecule has 0 saturated heterocycles. The zero-order chi connectivity index (χ0) is 23.2. The van der Waals surface area contributed by atoms with Gasteiger partial charge >= 0.3 is 0 Å². The van der Waals surface area contributed by atoms with Crippen LogP contribution in [0.5, 0.6) is 5.88 Å². The van der Waals surface area contributed by atoms with Crippen molar-refractivity contribution in [2.45, 2.75) is 50.9 Å². The molecule has 2 saturated carbocycles. The minimum atomic E-state index is -0.640. The Kier molecular flexibility index (Phi) is 5.25. The smallest absolute Gasteiger partial charge is 0.254 e. The monoisotopic (exact) mass is 450 g/mol. The lowest BCUT2D eigenvalue weighted by Crippen LogP contribution is -2.58. The van der Waals surface area contributed by atoms with E-state index in [-0.39, 0.29) is 46.0 Å². The van der Waals surface area contributed by atoms with E-state index >= 15 is 0 Å². The van der Waals surface area contributed by atoms with Gasteiger partial charge < -0.3 is 20.5 Å². The van der Waals surface area contributed by atoms with E-state index in [1.54, 1.807) is 12.1 Å². The molecule has 2 fully saturated rings. The number of fused-ring (bicyclic) bond motifs is 1. The highest BCUT2D eigenvalue weighted by Gasteiger charge is 2.54. The molecule has 5 rings (SSSR count). The molecule has 0 radical (unpaired) electrons. The molecule has 170 valence electrons. The van der Waals surface area contributed by atoms with Crippen LogP contribution in [0.4, 0.5) is 4.39 Å². The van der Waals surface area contributed by atoms with Crippen LogP contribution in [0.3, 0.4) is 0 Å². The molecule has 2 aliphatic carbocycles. The fourth-order valence-electron chi connectivity index (χ4n) is 5.12. The normalized spacial score (nSPS) is 25.2. The maximum absolute atomic E-state index is 13.5. The molecular weight excluding hydrogens is 427 g/mol. The first-order valence-electron chi connectivity index (χ1n) is 10.9. The van der Waals surface area contributed by atoms with Crippen LogP contribution in [0.15, 0.2) is 24.3 Å². The van der Waals surface area contributed by atoms with Gasteiger partial charge in [-0.2, -0.15) is 5.26 Å². The summed E-state index contributed by atoms with van der Waals surface area (Å²) < 4.78 is 25.0. The fourth-order valence-corrected chi connectivity index (χ4v) is 5.12. The second-order valence-corrected chi connectivity index (χ2v) is 9.15. The zero-order valence-electron chi connectivity index (χ0n) is 17.9. The average molecular weight is 450 g/mol. The molecule has 3 N–H and O–H groups in total. The second kappa shape index (κ2) is 8.12. The summed E-state index contributed by atoms with van der Waals surface area (Å²) in [7, 11) is 0. The Labute approximate surface area is 189 Å². The number of primary amides is 1. The Hall–Kier alpha value is -3.51. The van der Waals surface area contributed by atoms with Crippen LogP contribution < -0.4 is 15.8 Å². The Morgan fingerprint density at radius 1 is 1.27 bits per heavy atom. The number of halogens is 1. The number of hydrogen-bond donors (Lipinski definition) is 2. The molecule has 0 atom stereocenters. The van der Waals surface area contributed by atoms with Crippen LogP contribution in [-0.4, -0.2) is 35.6 Å². The zero-order valence-corrected chi connectivity index (χ0v) is 17.9. The number of benzene rings is 1. The van der Waals surface area contributed by atoms with Crippen molar-refractivity contribution in [3.05, 3.63) is 58.0 Å². The van der Waals surface area contributed by atoms with Gasteiger partial charge in [-0.3, -0.25) is 9.59 Å². The molecule has 2 amide bonds. The van der Waals surface area contributed by atoms with E-state index in [1.165, 1.54) is 12.1 Å². The molecule has 1 aromatic carbocycles. The van der Waals surface area contributed by atoms with Crippen LogP contribution in [0.1, 0.15) is 63.2 Å². The third-order valence-electron chi connectivity index (χ3n) is 6.81. The molecule has 33 heavy (non-hydrogen) atoms. The lowest BCUT2D eigenvalue weighted by atomic mass is 9.53. The van der Waals surface area contributed by atoms with Gasteiger partial charge in [0.2, 0.25) is 5.88 Å². The average Bonchev–Trinajstić information content (AvgIpc) is 2.75. The van der Waals surface area contributed by atoms with E-state index in [4.69, 9.17) is 20.5 Å². The molecule has 1 aliphatic heterocycles. The third-order valence-corrected chi connectivity index (χ3v) is 6.81. The number of nitrogens with one attached hydrogen (secondary N) is 1. The Morgan fingerprint density at radius 3 is 2.79 bits per heavy atom. The summed E-state index contributed by atoms with van der Waals surface area (Å²) in [5, 5.41) is 11.9. The van der Waals surface area contributed by atoms with Crippen LogP contribution in [-0.2, 0) is 17.8 Å². The molecule has 9 heteroatoms. The van der Waals surface area contributed by atoms with Crippen molar-refractivity contribution in [1.29, 1.82) is 5.26 Å². The Morgan fingerprint density at radius 2 is 2.06 bits per heavy atom. The maximum Gasteiger partial charge on any atom is 0.254 e. The quantitative estimate of drug-likeness (QED) is 0.720. The molecule has 1 aromatic heterocycles. The molecule has 0 unspecified atom stereocenters. The van der Waals surface area contributed by atoms with Crippen LogP contribution in [0.25, 0.3) is 0 Å². The number of amides is 2. The van der Waals surface area contributed by atoms with Gasteiger partial charge in [-0.15, -0.1) is 0 Å². The van der Waals surface area contributed by atoms with Crippen molar-refractivity contribution < 1.29 is 23.5 Å². The maximum atomic E-state index is 13.5. The second-order valence-electron chi connectivity index (χ2n) is 9.15. The van der Waals surface area contributed by atoms with E-state index < -0.39 is 11.7 Å². The number of hydrogen-bond acceptors (Lipinski definition) is 6. The van der Waals surface area contributed by atoms with Crippen molar-refractivity contribution in [2.75, 3.05) is 6.61 Å². The first kappa shape index (κ1) is 21.3. The van der Waals surface area contributed by atoms with Gasteiger partial charge in [0.25, 0.3) is 11.8 Å². The minimum absolute atomic E-state index is 0.0251. The van der Waals surface area contributed by atoms with Gasteiger partial charge in [0.15, 0.2) is 0 Å². The molecule has 2 aromatic rings. The van der Waals surface area contributed by atoms with Crippen LogP contribution in [0, 0.1) is 22.6 Å². The topological polar surface area (TPSA) is 127 Å². The van der Waals surface area contributed by atoms with E-state index in [1.807, 2.05) is 0 Å². The van der Waals surface area contributed by atoms with Crippen molar-refractivity contribution in [2.24, 2.45) is 11.1 Å². The summed E-state index contributed by atoms with van der Waals surface area (Å²) in [6, 6.07) is 7.26. The SMILES string of the molecule is N#Cc1cc(C(=O)NC2CC3(C2)CC(Oc2nc4c(cc2C(N)=O)COCC4)C3)ccc1F. The number of carbonyl (C=O) groups is 2. The lowest BCUT2D eigenvalue weighted by molar-refractivity contribution is -0.0849. The number of carbonyl (C=O) groups excluding carboxylic acids is 2. The van der Waals surface area contributed by atoms with E-state index in [0.29, 0.717) is 19.6 Å². The number of pyridine rings is 1. The highest BCUT2D eigenvalue weighted by Crippen LogP contribution is 2.56. The number of aromatic nitrogens is 1. The summed E-state index contributed by atoms with van der Waals surface area (Å²) in [6.45, 7) is 1.00. The van der Waals surface area contributed by atoms with Crippen molar-refractivity contribution in [1.82, 2.24) is 10.3 Å². The van der Waals surface area contributed by atoms with Gasteiger partial charge in [-0.05, 0) is 55.4 Å². The van der Waals surface area contributed by atoms with Crippen LogP contribution in [0.2, 0.25) is 0 Å². The van der Waals surface area contributed by atoms with Gasteiger partial charge in [0.05, 0.1) is 24.5 Å². The molecular formula is C24H23FN4O4. The van der Waals surface area contributed by atoms with Crippen molar-refractivity contribution in [3.8, 4) is 11.9 Å². The van der Waals surface area contributed by atoms with Crippen LogP contribution >= 0.6 is 0 Å². The highest BCUT2D eigenvalue weighted by atomic mass is 19.1. The molecule has 0 bridgehead atoms. The number of nitrogens with two attached hydrogens (primary N) is 1. The van der Waals surface area contributed by atoms with Gasteiger partial charge in [-0.25, -0.2) is 9.37 Å². The summed E-state index contributed by atoms with van der Waals surface area (Å²) >= 11 is 0. The number of rotatable bonds is 5. The van der Waals surface area contributed by atoms with E-state index in [2.05, 4.69) is 10.3 Å². The summed E-state index contributed by atoms with van der Waals surface area (Å²) in [5.74, 6) is -1.24. The highest BCUT2D eigenvalue weighted by molar-refractivity contribution is 5.95. The van der Waals surface area contributed by atoms with Crippen molar-refractivity contribution >= 4 is 11.8 Å². The first-order chi connectivity index (χ1) is 15.9. The van der Waals surface area contributed by atoms with Gasteiger partial charge in [-0.1, -0.05) is 0 Å². The largest absolute Gasteiger partial charge is 0.474 e. The molecule has 1 spiro atoms. The van der Waals surface area contributed by atoms with Crippen molar-refractivity contribution in [3.63, 3.8) is 0 Å². The number of nitriles is 1. The fraction of sp³-hybridized carbons (Fsp3) is 0.417. The lowest BCUT2D eigenvalue weighted by Gasteiger charge is -2.57. The first-order valence-corrected chi connectivity index (χ1v) is 10.9. The molecule has 2 heterocycles. The van der Waals surface area contributed by atoms with E-state index in [9.17, 15) is 14.0 Å². The number of nitrogens with zero attached hydrogens (tertiary/aromatic N) is 2. The standard InChI is InChI=1S/C24H23FN4O4/c25-19-2-1-13(5-14(19)11-26)22(31)28-16-7-24(8-16)9-17(10-24)33-23-18(21(27)30)6-15-12-32-4-3-20(15)29-23/h1-2,5-6,16-17H,3-4,7-10,12H2,(H2,27,30)(H,28,31). The Balaban J connectivity index is 1.16. The van der Waals surface area contributed by atoms with E-state index in [0.717, 1.165) is 43.0 Å². The Bertz CT molecular complexity index is 1180.